The Morgan fingerprint density at radius 1 is 1.31 bits per heavy atom. The van der Waals surface area contributed by atoms with Crippen molar-refractivity contribution in [2.45, 2.75) is 51.4 Å². The normalized spacial score (nSPS) is 21.0. The lowest BCUT2D eigenvalue weighted by Gasteiger charge is -2.22. The molecule has 1 saturated heterocycles. The van der Waals surface area contributed by atoms with Gasteiger partial charge in [0, 0.05) is 19.2 Å². The van der Waals surface area contributed by atoms with Crippen LogP contribution in [0.25, 0.3) is 0 Å². The van der Waals surface area contributed by atoms with Crippen LogP contribution in [0, 0.1) is 6.92 Å². The van der Waals surface area contributed by atoms with Crippen LogP contribution >= 0.6 is 0 Å². The van der Waals surface area contributed by atoms with Crippen LogP contribution in [0.4, 0.5) is 4.39 Å². The number of alkyl halides is 1. The van der Waals surface area contributed by atoms with Gasteiger partial charge in [-0.15, -0.1) is 0 Å². The number of nitrogens with one attached hydrogen (secondary N) is 2. The molecule has 4 nitrogen and oxygen atoms in total. The van der Waals surface area contributed by atoms with Gasteiger partial charge in [-0.2, -0.15) is 0 Å². The molecule has 2 aromatic rings. The van der Waals surface area contributed by atoms with Gasteiger partial charge < -0.3 is 10.6 Å². The van der Waals surface area contributed by atoms with Crippen LogP contribution in [0.2, 0.25) is 0 Å². The van der Waals surface area contributed by atoms with Crippen molar-refractivity contribution in [3.8, 4) is 0 Å². The number of rotatable bonds is 5. The first kappa shape index (κ1) is 18.5. The van der Waals surface area contributed by atoms with Gasteiger partial charge in [-0.25, -0.2) is 4.39 Å². The summed E-state index contributed by atoms with van der Waals surface area (Å²) in [4.78, 5) is 17.3. The van der Waals surface area contributed by atoms with Crippen molar-refractivity contribution in [1.82, 2.24) is 15.6 Å². The highest BCUT2D eigenvalue weighted by Crippen LogP contribution is 2.25. The number of hydrogen-bond donors (Lipinski definition) is 2. The number of nitrogens with zero attached hydrogens (tertiary/aromatic N) is 1. The summed E-state index contributed by atoms with van der Waals surface area (Å²) >= 11 is 0. The maximum absolute atomic E-state index is 13.4. The van der Waals surface area contributed by atoms with Crippen molar-refractivity contribution in [2.24, 2.45) is 0 Å². The third-order valence-electron chi connectivity index (χ3n) is 4.90. The third kappa shape index (κ3) is 4.10. The summed E-state index contributed by atoms with van der Waals surface area (Å²) in [6.45, 7) is 6.57. The zero-order valence-electron chi connectivity index (χ0n) is 15.5. The van der Waals surface area contributed by atoms with Gasteiger partial charge in [-0.05, 0) is 35.6 Å². The van der Waals surface area contributed by atoms with Crippen molar-refractivity contribution in [3.63, 3.8) is 0 Å². The molecule has 5 heteroatoms. The molecule has 0 unspecified atom stereocenters. The molecule has 0 saturated carbocycles. The molecule has 2 heterocycles. The average molecular weight is 355 g/mol. The van der Waals surface area contributed by atoms with Crippen LogP contribution in [0.1, 0.15) is 54.6 Å². The first-order valence-corrected chi connectivity index (χ1v) is 9.15. The highest BCUT2D eigenvalue weighted by molar-refractivity contribution is 5.83. The Hall–Kier alpha value is -2.27. The fourth-order valence-corrected chi connectivity index (χ4v) is 3.46. The van der Waals surface area contributed by atoms with E-state index in [-0.39, 0.29) is 24.9 Å². The molecule has 1 aliphatic rings. The van der Waals surface area contributed by atoms with Crippen LogP contribution in [-0.4, -0.2) is 29.6 Å². The Balaban J connectivity index is 1.89. The number of halogens is 1. The van der Waals surface area contributed by atoms with Gasteiger partial charge in [0.25, 0.3) is 0 Å². The summed E-state index contributed by atoms with van der Waals surface area (Å²) in [5, 5.41) is 6.00. The number of hydrogen-bond acceptors (Lipinski definition) is 3. The van der Waals surface area contributed by atoms with Crippen LogP contribution in [0.15, 0.2) is 42.6 Å². The maximum atomic E-state index is 13.4. The first-order valence-electron chi connectivity index (χ1n) is 9.15. The van der Waals surface area contributed by atoms with E-state index >= 15 is 0 Å². The molecule has 1 fully saturated rings. The molecular weight excluding hydrogens is 329 g/mol. The minimum Gasteiger partial charge on any atom is -0.342 e. The summed E-state index contributed by atoms with van der Waals surface area (Å²) in [7, 11) is 0. The summed E-state index contributed by atoms with van der Waals surface area (Å²) in [6, 6.07) is 10.9. The second-order valence-electron chi connectivity index (χ2n) is 7.27. The Kier molecular flexibility index (Phi) is 5.67. The number of aromatic nitrogens is 1. The molecule has 0 spiro atoms. The van der Waals surface area contributed by atoms with Crippen molar-refractivity contribution < 1.29 is 9.18 Å². The molecule has 0 aliphatic carbocycles. The topological polar surface area (TPSA) is 54.0 Å². The first-order chi connectivity index (χ1) is 12.5. The smallest absolute Gasteiger partial charge is 0.238 e. The Labute approximate surface area is 154 Å². The van der Waals surface area contributed by atoms with E-state index in [2.05, 4.69) is 36.4 Å². The third-order valence-corrected chi connectivity index (χ3v) is 4.90. The van der Waals surface area contributed by atoms with E-state index in [1.165, 1.54) is 5.56 Å². The predicted octanol–water partition coefficient (Wildman–Crippen LogP) is 3.42. The molecule has 138 valence electrons. The van der Waals surface area contributed by atoms with Crippen LogP contribution in [-0.2, 0) is 4.79 Å². The lowest BCUT2D eigenvalue weighted by atomic mass is 9.96. The number of pyridine rings is 1. The van der Waals surface area contributed by atoms with Crippen LogP contribution in [0.5, 0.6) is 0 Å². The minimum absolute atomic E-state index is 0.189. The summed E-state index contributed by atoms with van der Waals surface area (Å²) < 4.78 is 13.4. The second-order valence-corrected chi connectivity index (χ2v) is 7.27. The largest absolute Gasteiger partial charge is 0.342 e. The van der Waals surface area contributed by atoms with E-state index in [0.717, 1.165) is 16.8 Å². The molecule has 1 aromatic heterocycles. The van der Waals surface area contributed by atoms with Crippen molar-refractivity contribution in [1.29, 1.82) is 0 Å². The molecule has 1 aliphatic heterocycles. The van der Waals surface area contributed by atoms with E-state index in [9.17, 15) is 9.18 Å². The van der Waals surface area contributed by atoms with Gasteiger partial charge in [0.05, 0.1) is 17.8 Å². The van der Waals surface area contributed by atoms with Crippen LogP contribution in [0.3, 0.4) is 0 Å². The highest BCUT2D eigenvalue weighted by atomic mass is 19.1. The van der Waals surface area contributed by atoms with Gasteiger partial charge in [0.1, 0.15) is 6.17 Å². The fourth-order valence-electron chi connectivity index (χ4n) is 3.46. The highest BCUT2D eigenvalue weighted by Gasteiger charge is 2.31. The summed E-state index contributed by atoms with van der Waals surface area (Å²) in [6.07, 6.45) is 1.14. The average Bonchev–Trinajstić information content (AvgIpc) is 3.06. The van der Waals surface area contributed by atoms with Gasteiger partial charge in [0.2, 0.25) is 5.91 Å². The summed E-state index contributed by atoms with van der Waals surface area (Å²) in [5.74, 6) is 0.205. The number of benzene rings is 1. The molecular formula is C21H26FN3O. The molecule has 1 aromatic carbocycles. The molecule has 26 heavy (non-hydrogen) atoms. The second kappa shape index (κ2) is 7.96. The monoisotopic (exact) mass is 355 g/mol. The molecule has 0 radical (unpaired) electrons. The quantitative estimate of drug-likeness (QED) is 0.864. The molecule has 1 amide bonds. The van der Waals surface area contributed by atoms with Gasteiger partial charge in [-0.3, -0.25) is 9.78 Å². The van der Waals surface area contributed by atoms with Gasteiger partial charge in [-0.1, -0.05) is 44.2 Å². The lowest BCUT2D eigenvalue weighted by molar-refractivity contribution is -0.123. The van der Waals surface area contributed by atoms with E-state index < -0.39 is 12.2 Å². The zero-order valence-corrected chi connectivity index (χ0v) is 15.5. The minimum atomic E-state index is -0.966. The van der Waals surface area contributed by atoms with E-state index in [0.29, 0.717) is 5.92 Å². The molecule has 3 rings (SSSR count). The fraction of sp³-hybridized carbons (Fsp3) is 0.429. The molecule has 3 atom stereocenters. The standard InChI is InChI=1S/C21H26FN3O/c1-13(2)17-12-24-18(9-14(17)3)20(15-7-5-4-6-8-15)25-21(26)19-10-16(22)11-23-19/h4-9,12-13,16,19-20,23H,10-11H2,1-3H3,(H,25,26)/t16-,19+,20+/m1/s1. The Morgan fingerprint density at radius 2 is 2.04 bits per heavy atom. The number of aryl methyl sites for hydroxylation is 1. The zero-order chi connectivity index (χ0) is 18.7. The number of carbonyl (C=O) groups is 1. The maximum Gasteiger partial charge on any atom is 0.238 e. The van der Waals surface area contributed by atoms with Crippen molar-refractivity contribution >= 4 is 5.91 Å². The van der Waals surface area contributed by atoms with Gasteiger partial charge in [0.15, 0.2) is 0 Å². The summed E-state index contributed by atoms with van der Waals surface area (Å²) in [5.41, 5.74) is 4.11. The SMILES string of the molecule is Cc1cc([C@@H](NC(=O)[C@@H]2C[C@@H](F)CN2)c2ccccc2)ncc1C(C)C. The lowest BCUT2D eigenvalue weighted by Crippen LogP contribution is -2.42. The van der Waals surface area contributed by atoms with E-state index in [1.54, 1.807) is 0 Å². The Morgan fingerprint density at radius 3 is 2.62 bits per heavy atom. The van der Waals surface area contributed by atoms with Crippen molar-refractivity contribution in [2.75, 3.05) is 6.54 Å². The molecule has 0 bridgehead atoms. The number of carbonyl (C=O) groups excluding carboxylic acids is 1. The molecule has 2 N–H and O–H groups in total. The van der Waals surface area contributed by atoms with Crippen molar-refractivity contribution in [3.05, 3.63) is 65.0 Å². The van der Waals surface area contributed by atoms with Crippen LogP contribution < -0.4 is 10.6 Å². The number of amides is 1. The van der Waals surface area contributed by atoms with E-state index in [4.69, 9.17) is 0 Å². The van der Waals surface area contributed by atoms with Gasteiger partial charge >= 0.3 is 0 Å². The Bertz CT molecular complexity index is 763. The predicted molar refractivity (Wildman–Crippen MR) is 101 cm³/mol. The van der Waals surface area contributed by atoms with E-state index in [1.807, 2.05) is 42.6 Å².